The molecule has 6 heteroatoms. The fraction of sp³-hybridized carbons (Fsp3) is 0.556. The first-order valence-corrected chi connectivity index (χ1v) is 8.67. The molecule has 2 aromatic rings. The lowest BCUT2D eigenvalue weighted by Gasteiger charge is -2.34. The highest BCUT2D eigenvalue weighted by Crippen LogP contribution is 2.31. The molecule has 1 atom stereocenters. The molecule has 24 heavy (non-hydrogen) atoms. The lowest BCUT2D eigenvalue weighted by atomic mass is 9.93. The van der Waals surface area contributed by atoms with Crippen molar-refractivity contribution in [1.82, 2.24) is 10.1 Å². The third kappa shape index (κ3) is 3.16. The summed E-state index contributed by atoms with van der Waals surface area (Å²) in [5, 5.41) is 13.8. The van der Waals surface area contributed by atoms with Crippen molar-refractivity contribution in [2.75, 3.05) is 31.3 Å². The standard InChI is InChI=1S/C18H23N3O3/c22-12-13-9-15-3-1-2-4-16(15)21(10-13)11-17-19-18(24-20-17)14-5-7-23-8-6-14/h1-4,13-14,22H,5-12H2. The molecule has 1 N–H and O–H groups in total. The van der Waals surface area contributed by atoms with Crippen LogP contribution in [0.4, 0.5) is 5.69 Å². The second-order valence-corrected chi connectivity index (χ2v) is 6.70. The van der Waals surface area contributed by atoms with Crippen molar-refractivity contribution >= 4 is 5.69 Å². The van der Waals surface area contributed by atoms with Gasteiger partial charge >= 0.3 is 0 Å². The van der Waals surface area contributed by atoms with Gasteiger partial charge in [0.1, 0.15) is 0 Å². The largest absolute Gasteiger partial charge is 0.396 e. The van der Waals surface area contributed by atoms with Crippen LogP contribution in [0.25, 0.3) is 0 Å². The SMILES string of the molecule is OCC1Cc2ccccc2N(Cc2noc(C3CCOCC3)n2)C1. The highest BCUT2D eigenvalue weighted by atomic mass is 16.5. The van der Waals surface area contributed by atoms with Crippen LogP contribution in [0, 0.1) is 5.92 Å². The molecule has 1 aromatic heterocycles. The Kier molecular flexibility index (Phi) is 4.49. The maximum Gasteiger partial charge on any atom is 0.229 e. The summed E-state index contributed by atoms with van der Waals surface area (Å²) in [6.07, 6.45) is 2.81. The van der Waals surface area contributed by atoms with E-state index in [-0.39, 0.29) is 12.5 Å². The van der Waals surface area contributed by atoms with Crippen molar-refractivity contribution in [2.24, 2.45) is 5.92 Å². The number of para-hydroxylation sites is 1. The number of nitrogens with zero attached hydrogens (tertiary/aromatic N) is 3. The summed E-state index contributed by atoms with van der Waals surface area (Å²) in [5.74, 6) is 2.02. The highest BCUT2D eigenvalue weighted by Gasteiger charge is 2.26. The van der Waals surface area contributed by atoms with Gasteiger partial charge in [-0.05, 0) is 30.9 Å². The number of aliphatic hydroxyl groups excluding tert-OH is 1. The van der Waals surface area contributed by atoms with Gasteiger partial charge in [-0.2, -0.15) is 4.98 Å². The molecule has 1 aromatic carbocycles. The zero-order valence-electron chi connectivity index (χ0n) is 13.7. The quantitative estimate of drug-likeness (QED) is 0.926. The first kappa shape index (κ1) is 15.6. The van der Waals surface area contributed by atoms with Crippen LogP contribution < -0.4 is 4.90 Å². The van der Waals surface area contributed by atoms with Crippen LogP contribution in [0.15, 0.2) is 28.8 Å². The molecule has 0 radical (unpaired) electrons. The zero-order valence-corrected chi connectivity index (χ0v) is 13.7. The normalized spacial score (nSPS) is 21.7. The van der Waals surface area contributed by atoms with Crippen molar-refractivity contribution in [1.29, 1.82) is 0 Å². The first-order valence-electron chi connectivity index (χ1n) is 8.67. The number of benzene rings is 1. The minimum atomic E-state index is 0.199. The summed E-state index contributed by atoms with van der Waals surface area (Å²) in [7, 11) is 0. The number of ether oxygens (including phenoxy) is 1. The van der Waals surface area contributed by atoms with Crippen LogP contribution in [0.1, 0.15) is 36.0 Å². The summed E-state index contributed by atoms with van der Waals surface area (Å²) in [4.78, 5) is 6.86. The summed E-state index contributed by atoms with van der Waals surface area (Å²) >= 11 is 0. The van der Waals surface area contributed by atoms with E-state index in [0.717, 1.165) is 44.9 Å². The van der Waals surface area contributed by atoms with Crippen molar-refractivity contribution in [2.45, 2.75) is 31.7 Å². The Morgan fingerprint density at radius 3 is 2.88 bits per heavy atom. The van der Waals surface area contributed by atoms with Gasteiger partial charge in [-0.1, -0.05) is 23.4 Å². The van der Waals surface area contributed by atoms with Gasteiger partial charge in [0.25, 0.3) is 0 Å². The zero-order chi connectivity index (χ0) is 16.4. The van der Waals surface area contributed by atoms with E-state index in [1.54, 1.807) is 0 Å². The van der Waals surface area contributed by atoms with Crippen LogP contribution in [0.5, 0.6) is 0 Å². The van der Waals surface area contributed by atoms with Crippen LogP contribution in [-0.4, -0.2) is 41.6 Å². The first-order chi connectivity index (χ1) is 11.8. The lowest BCUT2D eigenvalue weighted by molar-refractivity contribution is 0.0778. The van der Waals surface area contributed by atoms with E-state index < -0.39 is 0 Å². The molecule has 2 aliphatic rings. The molecule has 2 aliphatic heterocycles. The fourth-order valence-electron chi connectivity index (χ4n) is 3.66. The van der Waals surface area contributed by atoms with E-state index >= 15 is 0 Å². The number of rotatable bonds is 4. The van der Waals surface area contributed by atoms with E-state index in [9.17, 15) is 5.11 Å². The van der Waals surface area contributed by atoms with Crippen molar-refractivity contribution in [3.63, 3.8) is 0 Å². The minimum Gasteiger partial charge on any atom is -0.396 e. The number of aliphatic hydroxyl groups is 1. The molecule has 1 saturated heterocycles. The molecule has 0 spiro atoms. The second-order valence-electron chi connectivity index (χ2n) is 6.70. The minimum absolute atomic E-state index is 0.199. The van der Waals surface area contributed by atoms with Gasteiger partial charge in [0.15, 0.2) is 5.82 Å². The molecule has 1 unspecified atom stereocenters. The fourth-order valence-corrected chi connectivity index (χ4v) is 3.66. The summed E-state index contributed by atoms with van der Waals surface area (Å²) in [6, 6.07) is 8.36. The van der Waals surface area contributed by atoms with Crippen molar-refractivity contribution in [3.8, 4) is 0 Å². The van der Waals surface area contributed by atoms with Crippen molar-refractivity contribution < 1.29 is 14.4 Å². The van der Waals surface area contributed by atoms with Gasteiger partial charge in [-0.3, -0.25) is 0 Å². The highest BCUT2D eigenvalue weighted by molar-refractivity contribution is 5.55. The third-order valence-electron chi connectivity index (χ3n) is 4.96. The molecule has 3 heterocycles. The van der Waals surface area contributed by atoms with E-state index in [0.29, 0.717) is 18.3 Å². The second kappa shape index (κ2) is 6.91. The molecule has 128 valence electrons. The molecular weight excluding hydrogens is 306 g/mol. The average molecular weight is 329 g/mol. The Balaban J connectivity index is 1.51. The maximum atomic E-state index is 9.59. The number of hydrogen-bond acceptors (Lipinski definition) is 6. The van der Waals surface area contributed by atoms with Gasteiger partial charge in [0, 0.05) is 43.9 Å². The Labute approximate surface area is 141 Å². The Hall–Kier alpha value is -1.92. The van der Waals surface area contributed by atoms with Crippen LogP contribution >= 0.6 is 0 Å². The molecule has 4 rings (SSSR count). The summed E-state index contributed by atoms with van der Waals surface area (Å²) < 4.78 is 10.9. The predicted molar refractivity (Wildman–Crippen MR) is 88.9 cm³/mol. The number of anilines is 1. The van der Waals surface area contributed by atoms with Crippen LogP contribution in [-0.2, 0) is 17.7 Å². The number of hydrogen-bond donors (Lipinski definition) is 1. The average Bonchev–Trinajstić information content (AvgIpc) is 3.11. The van der Waals surface area contributed by atoms with Crippen molar-refractivity contribution in [3.05, 3.63) is 41.5 Å². The molecule has 0 bridgehead atoms. The molecule has 6 nitrogen and oxygen atoms in total. The summed E-state index contributed by atoms with van der Waals surface area (Å²) in [6.45, 7) is 3.15. The summed E-state index contributed by atoms with van der Waals surface area (Å²) in [5.41, 5.74) is 2.48. The van der Waals surface area contributed by atoms with Gasteiger partial charge in [0.2, 0.25) is 5.89 Å². The Morgan fingerprint density at radius 1 is 1.21 bits per heavy atom. The number of fused-ring (bicyclic) bond motifs is 1. The molecule has 0 saturated carbocycles. The van der Waals surface area contributed by atoms with Gasteiger partial charge in [0.05, 0.1) is 6.54 Å². The molecule has 0 aliphatic carbocycles. The molecule has 1 fully saturated rings. The molecular formula is C18H23N3O3. The maximum absolute atomic E-state index is 9.59. The topological polar surface area (TPSA) is 71.6 Å². The Morgan fingerprint density at radius 2 is 2.04 bits per heavy atom. The van der Waals surface area contributed by atoms with Gasteiger partial charge in [-0.25, -0.2) is 0 Å². The van der Waals surface area contributed by atoms with Crippen LogP contribution in [0.2, 0.25) is 0 Å². The van der Waals surface area contributed by atoms with Crippen LogP contribution in [0.3, 0.4) is 0 Å². The van der Waals surface area contributed by atoms with E-state index in [4.69, 9.17) is 9.26 Å². The lowest BCUT2D eigenvalue weighted by Crippen LogP contribution is -2.36. The van der Waals surface area contributed by atoms with E-state index in [1.807, 2.05) is 6.07 Å². The van der Waals surface area contributed by atoms with Gasteiger partial charge in [-0.15, -0.1) is 0 Å². The van der Waals surface area contributed by atoms with E-state index in [2.05, 4.69) is 33.2 Å². The van der Waals surface area contributed by atoms with E-state index in [1.165, 1.54) is 11.3 Å². The molecule has 0 amide bonds. The predicted octanol–water partition coefficient (Wildman–Crippen LogP) is 2.13. The smallest absolute Gasteiger partial charge is 0.229 e. The third-order valence-corrected chi connectivity index (χ3v) is 4.96. The monoisotopic (exact) mass is 329 g/mol. The van der Waals surface area contributed by atoms with Gasteiger partial charge < -0.3 is 19.3 Å². The number of aromatic nitrogens is 2. The Bertz CT molecular complexity index is 682.